The molecular formula is C16H19BClIP. The van der Waals surface area contributed by atoms with Gasteiger partial charge in [-0.1, -0.05) is 77.5 Å². The Bertz CT molecular complexity index is 522. The predicted octanol–water partition coefficient (Wildman–Crippen LogP) is 5.66. The van der Waals surface area contributed by atoms with Gasteiger partial charge in [-0.25, -0.2) is 0 Å². The Balaban J connectivity index is 1.50. The van der Waals surface area contributed by atoms with Gasteiger partial charge in [-0.05, 0) is 35.7 Å². The first-order valence-corrected chi connectivity index (χ1v) is 12.1. The maximum atomic E-state index is 6.59. The first kappa shape index (κ1) is 14.3. The highest BCUT2D eigenvalue weighted by Gasteiger charge is 2.72. The molecule has 4 aliphatic rings. The summed E-state index contributed by atoms with van der Waals surface area (Å²) in [5, 5.41) is 0.752. The summed E-state index contributed by atoms with van der Waals surface area (Å²) in [6.45, 7) is 7.51. The minimum Gasteiger partial charge on any atom is -0.122 e. The van der Waals surface area contributed by atoms with Crippen LogP contribution in [-0.2, 0) is 5.16 Å². The van der Waals surface area contributed by atoms with Crippen LogP contribution in [0.5, 0.6) is 0 Å². The minimum atomic E-state index is -0.144. The molecule has 0 aliphatic heterocycles. The van der Waals surface area contributed by atoms with Crippen molar-refractivity contribution >= 4 is 46.1 Å². The second-order valence-electron chi connectivity index (χ2n) is 7.13. The van der Waals surface area contributed by atoms with E-state index in [1.807, 2.05) is 0 Å². The van der Waals surface area contributed by atoms with Crippen LogP contribution in [0, 0.1) is 23.7 Å². The van der Waals surface area contributed by atoms with Crippen molar-refractivity contribution in [3.05, 3.63) is 35.9 Å². The van der Waals surface area contributed by atoms with Crippen molar-refractivity contribution in [1.29, 1.82) is 0 Å². The maximum Gasteiger partial charge on any atom is 0.165 e. The number of rotatable bonds is 4. The zero-order chi connectivity index (χ0) is 14.1. The highest BCUT2D eigenvalue weighted by Crippen LogP contribution is 2.79. The van der Waals surface area contributed by atoms with E-state index in [9.17, 15) is 0 Å². The lowest BCUT2D eigenvalue weighted by molar-refractivity contribution is 0.607. The molecule has 4 saturated carbocycles. The average molecular weight is 415 g/mol. The zero-order valence-electron chi connectivity index (χ0n) is 11.8. The van der Waals surface area contributed by atoms with Crippen molar-refractivity contribution in [2.45, 2.75) is 36.6 Å². The van der Waals surface area contributed by atoms with Crippen molar-refractivity contribution < 1.29 is 0 Å². The standard InChI is InChI=1S/C16H19BClIP/c1-16(2,9-6-4-3-5-7-9)20(19)17-14-11-8-10-12(14)13(10)15(11)18/h3-7,10-15H,8H2,1-2H3. The monoisotopic (exact) mass is 415 g/mol. The smallest absolute Gasteiger partial charge is 0.122 e. The number of halogens is 2. The summed E-state index contributed by atoms with van der Waals surface area (Å²) in [7, 11) is 0. The van der Waals surface area contributed by atoms with E-state index < -0.39 is 0 Å². The largest absolute Gasteiger partial charge is 0.165 e. The van der Waals surface area contributed by atoms with Crippen molar-refractivity contribution in [2.75, 3.05) is 0 Å². The molecule has 1 aromatic carbocycles. The van der Waals surface area contributed by atoms with Crippen molar-refractivity contribution in [3.8, 4) is 0 Å². The van der Waals surface area contributed by atoms with Crippen LogP contribution in [0.4, 0.5) is 0 Å². The van der Waals surface area contributed by atoms with Gasteiger partial charge in [0.2, 0.25) is 0 Å². The third-order valence-corrected chi connectivity index (χ3v) is 13.0. The summed E-state index contributed by atoms with van der Waals surface area (Å²) in [6, 6.07) is 11.0. The van der Waals surface area contributed by atoms with Gasteiger partial charge in [-0.2, -0.15) is 0 Å². The molecule has 0 nitrogen and oxygen atoms in total. The van der Waals surface area contributed by atoms with Crippen LogP contribution < -0.4 is 0 Å². The van der Waals surface area contributed by atoms with Gasteiger partial charge in [-0.15, -0.1) is 11.6 Å². The van der Waals surface area contributed by atoms with Gasteiger partial charge < -0.3 is 0 Å². The summed E-state index contributed by atoms with van der Waals surface area (Å²) in [4.78, 5) is 0. The van der Waals surface area contributed by atoms with Gasteiger partial charge >= 0.3 is 0 Å². The van der Waals surface area contributed by atoms with Crippen molar-refractivity contribution in [1.82, 2.24) is 0 Å². The summed E-state index contributed by atoms with van der Waals surface area (Å²) in [5.41, 5.74) is 1.33. The highest BCUT2D eigenvalue weighted by molar-refractivity contribution is 14.2. The molecule has 0 N–H and O–H groups in total. The molecule has 0 spiro atoms. The van der Waals surface area contributed by atoms with E-state index >= 15 is 0 Å². The number of hydrogen-bond donors (Lipinski definition) is 0. The average Bonchev–Trinajstić information content (AvgIpc) is 2.76. The second-order valence-corrected chi connectivity index (χ2v) is 12.8. The summed E-state index contributed by atoms with van der Waals surface area (Å²) in [6.07, 6.45) is 1.41. The van der Waals surface area contributed by atoms with E-state index in [2.05, 4.69) is 73.2 Å². The van der Waals surface area contributed by atoms with E-state index in [1.54, 1.807) is 0 Å². The SMILES string of the molecule is CC(C)(c1ccccc1)P(I)[B]C1C2CC3C(C2Cl)C13. The molecule has 0 heterocycles. The van der Waals surface area contributed by atoms with Gasteiger partial charge in [0.05, 0.1) is 0 Å². The summed E-state index contributed by atoms with van der Waals surface area (Å²) >= 11 is 9.30. The molecule has 0 saturated heterocycles. The Labute approximate surface area is 141 Å². The molecule has 4 heteroatoms. The normalized spacial score (nSPS) is 42.6. The molecule has 4 bridgehead atoms. The Morgan fingerprint density at radius 1 is 1.20 bits per heavy atom. The topological polar surface area (TPSA) is 0 Å². The fraction of sp³-hybridized carbons (Fsp3) is 0.625. The van der Waals surface area contributed by atoms with E-state index in [4.69, 9.17) is 11.6 Å². The van der Waals surface area contributed by atoms with E-state index in [-0.39, 0.29) is 10.6 Å². The van der Waals surface area contributed by atoms with Crippen molar-refractivity contribution in [2.24, 2.45) is 23.7 Å². The zero-order valence-corrected chi connectivity index (χ0v) is 15.6. The quantitative estimate of drug-likeness (QED) is 0.257. The Hall–Kier alpha value is 0.735. The molecule has 1 aromatic rings. The molecule has 0 aromatic heterocycles. The lowest BCUT2D eigenvalue weighted by Gasteiger charge is -2.33. The molecule has 5 rings (SSSR count). The van der Waals surface area contributed by atoms with Crippen LogP contribution in [-0.4, -0.2) is 12.4 Å². The number of benzene rings is 1. The van der Waals surface area contributed by atoms with Gasteiger partial charge in [0, 0.05) is 10.5 Å². The molecule has 1 radical (unpaired) electrons. The predicted molar refractivity (Wildman–Crippen MR) is 98.1 cm³/mol. The van der Waals surface area contributed by atoms with Crippen LogP contribution >= 0.6 is 39.1 Å². The first-order chi connectivity index (χ1) is 9.51. The van der Waals surface area contributed by atoms with Crippen LogP contribution in [0.15, 0.2) is 30.3 Å². The van der Waals surface area contributed by atoms with Crippen molar-refractivity contribution in [3.63, 3.8) is 0 Å². The van der Waals surface area contributed by atoms with Crippen LogP contribution in [0.25, 0.3) is 0 Å². The van der Waals surface area contributed by atoms with Crippen LogP contribution in [0.3, 0.4) is 0 Å². The van der Waals surface area contributed by atoms with E-state index in [0.717, 1.165) is 29.5 Å². The second kappa shape index (κ2) is 4.86. The Morgan fingerprint density at radius 3 is 2.40 bits per heavy atom. The highest BCUT2D eigenvalue weighted by atomic mass is 127. The minimum absolute atomic E-state index is 0.144. The summed E-state index contributed by atoms with van der Waals surface area (Å²) < 4.78 is 0. The molecular weight excluding hydrogens is 396 g/mol. The molecule has 105 valence electrons. The Kier molecular flexibility index (Phi) is 3.49. The third-order valence-electron chi connectivity index (χ3n) is 5.87. The third kappa shape index (κ3) is 1.97. The van der Waals surface area contributed by atoms with E-state index in [1.165, 1.54) is 12.0 Å². The molecule has 4 aliphatic carbocycles. The van der Waals surface area contributed by atoms with Gasteiger partial charge in [0.15, 0.2) is 7.00 Å². The maximum absolute atomic E-state index is 6.59. The first-order valence-electron chi connectivity index (χ1n) is 7.51. The van der Waals surface area contributed by atoms with E-state index in [0.29, 0.717) is 5.38 Å². The number of alkyl halides is 1. The fourth-order valence-corrected chi connectivity index (χ4v) is 8.70. The Morgan fingerprint density at radius 2 is 1.90 bits per heavy atom. The lowest BCUT2D eigenvalue weighted by atomic mass is 9.78. The molecule has 7 unspecified atom stereocenters. The summed E-state index contributed by atoms with van der Waals surface area (Å²) in [5.74, 6) is 4.43. The van der Waals surface area contributed by atoms with Crippen LogP contribution in [0.1, 0.15) is 25.8 Å². The molecule has 7 atom stereocenters. The molecule has 20 heavy (non-hydrogen) atoms. The fourth-order valence-electron chi connectivity index (χ4n) is 4.63. The molecule has 4 fully saturated rings. The van der Waals surface area contributed by atoms with Gasteiger partial charge in [-0.3, -0.25) is 0 Å². The van der Waals surface area contributed by atoms with Gasteiger partial charge in [0.1, 0.15) is 0 Å². The molecule has 0 amide bonds. The van der Waals surface area contributed by atoms with Crippen LogP contribution in [0.2, 0.25) is 5.82 Å². The lowest BCUT2D eigenvalue weighted by Crippen LogP contribution is -2.19. The van der Waals surface area contributed by atoms with Gasteiger partial charge in [0.25, 0.3) is 0 Å². The number of hydrogen-bond acceptors (Lipinski definition) is 0.